The van der Waals surface area contributed by atoms with E-state index < -0.39 is 0 Å². The van der Waals surface area contributed by atoms with Crippen molar-refractivity contribution >= 4 is 22.4 Å². The Morgan fingerprint density at radius 2 is 1.91 bits per heavy atom. The number of anilines is 1. The molecule has 0 aliphatic heterocycles. The summed E-state index contributed by atoms with van der Waals surface area (Å²) in [5.41, 5.74) is 3.82. The van der Waals surface area contributed by atoms with Crippen LogP contribution in [0.4, 0.5) is 5.13 Å². The molecule has 0 radical (unpaired) electrons. The Kier molecular flexibility index (Phi) is 3.93. The van der Waals surface area contributed by atoms with E-state index in [1.807, 2.05) is 49.6 Å². The first-order valence-corrected chi connectivity index (χ1v) is 7.63. The smallest absolute Gasteiger partial charge is 0.276 e. The second-order valence-electron chi connectivity index (χ2n) is 4.79. The molecule has 0 spiro atoms. The summed E-state index contributed by atoms with van der Waals surface area (Å²) in [6.07, 6.45) is 1.40. The van der Waals surface area contributed by atoms with Crippen LogP contribution in [0.1, 0.15) is 21.7 Å². The summed E-state index contributed by atoms with van der Waals surface area (Å²) in [6, 6.07) is 9.84. The predicted molar refractivity (Wildman–Crippen MR) is 87.0 cm³/mol. The highest BCUT2D eigenvalue weighted by Gasteiger charge is 2.14. The summed E-state index contributed by atoms with van der Waals surface area (Å²) in [7, 11) is 0. The van der Waals surface area contributed by atoms with Gasteiger partial charge < -0.3 is 0 Å². The first-order chi connectivity index (χ1) is 10.6. The van der Waals surface area contributed by atoms with E-state index >= 15 is 0 Å². The van der Waals surface area contributed by atoms with Gasteiger partial charge in [-0.2, -0.15) is 0 Å². The van der Waals surface area contributed by atoms with Crippen molar-refractivity contribution in [3.8, 4) is 11.3 Å². The van der Waals surface area contributed by atoms with E-state index in [-0.39, 0.29) is 5.91 Å². The molecule has 5 nitrogen and oxygen atoms in total. The van der Waals surface area contributed by atoms with Crippen molar-refractivity contribution in [2.45, 2.75) is 13.8 Å². The number of hydrogen-bond acceptors (Lipinski definition) is 5. The largest absolute Gasteiger partial charge is 0.296 e. The fourth-order valence-corrected chi connectivity index (χ4v) is 2.71. The maximum atomic E-state index is 12.3. The van der Waals surface area contributed by atoms with Crippen LogP contribution in [0.5, 0.6) is 0 Å². The molecule has 0 saturated carbocycles. The molecule has 2 heterocycles. The predicted octanol–water partition coefficient (Wildman–Crippen LogP) is 3.47. The molecular formula is C16H14N4OS. The number of thiazole rings is 1. The topological polar surface area (TPSA) is 67.8 Å². The number of carbonyl (C=O) groups is 1. The first kappa shape index (κ1) is 14.3. The highest BCUT2D eigenvalue weighted by Crippen LogP contribution is 2.25. The summed E-state index contributed by atoms with van der Waals surface area (Å²) < 4.78 is 0. The molecule has 3 aromatic rings. The van der Waals surface area contributed by atoms with Crippen LogP contribution in [0.3, 0.4) is 0 Å². The summed E-state index contributed by atoms with van der Waals surface area (Å²) in [6.45, 7) is 3.69. The van der Waals surface area contributed by atoms with E-state index in [0.717, 1.165) is 22.5 Å². The van der Waals surface area contributed by atoms with Gasteiger partial charge in [0.25, 0.3) is 5.91 Å². The zero-order valence-corrected chi connectivity index (χ0v) is 13.0. The van der Waals surface area contributed by atoms with Crippen molar-refractivity contribution in [3.63, 3.8) is 0 Å². The molecule has 0 saturated heterocycles. The number of carbonyl (C=O) groups excluding carboxylic acids is 1. The van der Waals surface area contributed by atoms with Crippen molar-refractivity contribution in [3.05, 3.63) is 59.0 Å². The SMILES string of the molecule is Cc1ncnc(C(=O)Nc2nc(-c3ccccc3)cs2)c1C. The first-order valence-electron chi connectivity index (χ1n) is 6.75. The van der Waals surface area contributed by atoms with Crippen LogP contribution in [-0.2, 0) is 0 Å². The van der Waals surface area contributed by atoms with Crippen LogP contribution >= 0.6 is 11.3 Å². The van der Waals surface area contributed by atoms with Gasteiger partial charge in [-0.3, -0.25) is 10.1 Å². The third-order valence-corrected chi connectivity index (χ3v) is 4.10. The molecule has 1 aromatic carbocycles. The molecule has 0 fully saturated rings. The minimum absolute atomic E-state index is 0.267. The van der Waals surface area contributed by atoms with Gasteiger partial charge in [-0.1, -0.05) is 30.3 Å². The summed E-state index contributed by atoms with van der Waals surface area (Å²) in [4.78, 5) is 24.9. The number of benzene rings is 1. The summed E-state index contributed by atoms with van der Waals surface area (Å²) in [5.74, 6) is -0.267. The summed E-state index contributed by atoms with van der Waals surface area (Å²) >= 11 is 1.39. The molecule has 0 bridgehead atoms. The molecule has 3 rings (SSSR count). The minimum atomic E-state index is -0.267. The molecule has 2 aromatic heterocycles. The lowest BCUT2D eigenvalue weighted by molar-refractivity contribution is 0.102. The number of aryl methyl sites for hydroxylation is 1. The minimum Gasteiger partial charge on any atom is -0.296 e. The van der Waals surface area contributed by atoms with Crippen molar-refractivity contribution in [1.82, 2.24) is 15.0 Å². The Hall–Kier alpha value is -2.60. The van der Waals surface area contributed by atoms with E-state index in [0.29, 0.717) is 10.8 Å². The van der Waals surface area contributed by atoms with E-state index in [2.05, 4.69) is 20.3 Å². The third kappa shape index (κ3) is 2.87. The lowest BCUT2D eigenvalue weighted by Crippen LogP contribution is -2.16. The van der Waals surface area contributed by atoms with Gasteiger partial charge in [-0.25, -0.2) is 15.0 Å². The maximum absolute atomic E-state index is 12.3. The Bertz CT molecular complexity index is 814. The van der Waals surface area contributed by atoms with Crippen molar-refractivity contribution in [2.75, 3.05) is 5.32 Å². The average molecular weight is 310 g/mol. The summed E-state index contributed by atoms with van der Waals surface area (Å²) in [5, 5.41) is 5.27. The molecule has 0 atom stereocenters. The van der Waals surface area contributed by atoms with E-state index in [1.54, 1.807) is 0 Å². The highest BCUT2D eigenvalue weighted by atomic mass is 32.1. The molecule has 1 amide bonds. The Balaban J connectivity index is 1.81. The fourth-order valence-electron chi connectivity index (χ4n) is 2.00. The number of nitrogens with one attached hydrogen (secondary N) is 1. The van der Waals surface area contributed by atoms with Crippen molar-refractivity contribution in [2.24, 2.45) is 0 Å². The Morgan fingerprint density at radius 1 is 1.14 bits per heavy atom. The standard InChI is InChI=1S/C16H14N4OS/c1-10-11(2)17-9-18-14(10)15(21)20-16-19-13(8-22-16)12-6-4-3-5-7-12/h3-9H,1-2H3,(H,19,20,21). The van der Waals surface area contributed by atoms with Crippen LogP contribution < -0.4 is 5.32 Å². The van der Waals surface area contributed by atoms with Gasteiger partial charge in [-0.05, 0) is 13.8 Å². The van der Waals surface area contributed by atoms with Crippen LogP contribution in [-0.4, -0.2) is 20.9 Å². The lowest BCUT2D eigenvalue weighted by Gasteiger charge is -2.05. The van der Waals surface area contributed by atoms with Gasteiger partial charge in [-0.15, -0.1) is 11.3 Å². The second kappa shape index (κ2) is 6.03. The second-order valence-corrected chi connectivity index (χ2v) is 5.65. The van der Waals surface area contributed by atoms with E-state index in [9.17, 15) is 4.79 Å². The Labute approximate surface area is 132 Å². The van der Waals surface area contributed by atoms with Crippen LogP contribution in [0.2, 0.25) is 0 Å². The normalized spacial score (nSPS) is 10.5. The maximum Gasteiger partial charge on any atom is 0.276 e. The zero-order chi connectivity index (χ0) is 15.5. The van der Waals surface area contributed by atoms with Crippen molar-refractivity contribution < 1.29 is 4.79 Å². The van der Waals surface area contributed by atoms with Crippen LogP contribution in [0.15, 0.2) is 42.0 Å². The molecule has 0 unspecified atom stereocenters. The zero-order valence-electron chi connectivity index (χ0n) is 12.2. The lowest BCUT2D eigenvalue weighted by atomic mass is 10.2. The number of nitrogens with zero attached hydrogens (tertiary/aromatic N) is 3. The highest BCUT2D eigenvalue weighted by molar-refractivity contribution is 7.14. The van der Waals surface area contributed by atoms with Gasteiger partial charge in [0, 0.05) is 22.2 Å². The molecule has 22 heavy (non-hydrogen) atoms. The van der Waals surface area contributed by atoms with Crippen molar-refractivity contribution in [1.29, 1.82) is 0 Å². The molecule has 6 heteroatoms. The van der Waals surface area contributed by atoms with Gasteiger partial charge in [0.15, 0.2) is 5.13 Å². The quantitative estimate of drug-likeness (QED) is 0.804. The Morgan fingerprint density at radius 3 is 2.68 bits per heavy atom. The molecular weight excluding hydrogens is 296 g/mol. The van der Waals surface area contributed by atoms with E-state index in [4.69, 9.17) is 0 Å². The van der Waals surface area contributed by atoms with Crippen LogP contribution in [0.25, 0.3) is 11.3 Å². The number of aromatic nitrogens is 3. The fraction of sp³-hybridized carbons (Fsp3) is 0.125. The molecule has 110 valence electrons. The van der Waals surface area contributed by atoms with Crippen LogP contribution in [0, 0.1) is 13.8 Å². The molecule has 0 aliphatic carbocycles. The van der Waals surface area contributed by atoms with Gasteiger partial charge in [0.05, 0.1) is 5.69 Å². The molecule has 0 aliphatic rings. The van der Waals surface area contributed by atoms with Gasteiger partial charge in [0.1, 0.15) is 12.0 Å². The van der Waals surface area contributed by atoms with Gasteiger partial charge in [0.2, 0.25) is 0 Å². The number of hydrogen-bond donors (Lipinski definition) is 1. The monoisotopic (exact) mass is 310 g/mol. The van der Waals surface area contributed by atoms with E-state index in [1.165, 1.54) is 17.7 Å². The number of amides is 1. The molecule has 1 N–H and O–H groups in total. The van der Waals surface area contributed by atoms with Gasteiger partial charge >= 0.3 is 0 Å². The average Bonchev–Trinajstić information content (AvgIpc) is 2.99. The third-order valence-electron chi connectivity index (χ3n) is 3.35. The number of rotatable bonds is 3.